The smallest absolute Gasteiger partial charge is 0.191 e. The van der Waals surface area contributed by atoms with E-state index in [1.54, 1.807) is 19.3 Å². The molecule has 27 heavy (non-hydrogen) atoms. The third-order valence-corrected chi connectivity index (χ3v) is 4.61. The van der Waals surface area contributed by atoms with Gasteiger partial charge in [0.25, 0.3) is 0 Å². The molecule has 140 valence electrons. The Kier molecular flexibility index (Phi) is 6.32. The summed E-state index contributed by atoms with van der Waals surface area (Å²) in [5.41, 5.74) is 2.00. The van der Waals surface area contributed by atoms with Gasteiger partial charge in [-0.25, -0.2) is 9.97 Å². The first-order valence-electron chi connectivity index (χ1n) is 8.40. The molecule has 0 aliphatic rings. The van der Waals surface area contributed by atoms with Gasteiger partial charge in [0, 0.05) is 48.8 Å². The van der Waals surface area contributed by atoms with Crippen LogP contribution in [-0.4, -0.2) is 27.5 Å². The molecule has 2 N–H and O–H groups in total. The normalized spacial score (nSPS) is 11.5. The molecule has 3 aromatic rings. The Morgan fingerprint density at radius 2 is 1.93 bits per heavy atom. The summed E-state index contributed by atoms with van der Waals surface area (Å²) >= 11 is 12.1. The molecule has 0 unspecified atom stereocenters. The molecule has 8 heteroatoms. The Morgan fingerprint density at radius 3 is 2.56 bits per heavy atom. The standard InChI is InChI=1S/C19H20Cl2N6/c1-13-23-7-8-27(13)18-6-3-14(10-24-18)11-25-19(22-2)26-12-15-4-5-16(20)9-17(15)21/h3-10H,11-12H2,1-2H3,(H2,22,25,26). The Bertz CT molecular complexity index is 934. The Morgan fingerprint density at radius 1 is 1.11 bits per heavy atom. The van der Waals surface area contributed by atoms with Crippen molar-refractivity contribution in [3.8, 4) is 5.82 Å². The molecule has 0 spiro atoms. The molecule has 0 amide bonds. The molecule has 3 rings (SSSR count). The van der Waals surface area contributed by atoms with Gasteiger partial charge in [0.2, 0.25) is 0 Å². The summed E-state index contributed by atoms with van der Waals surface area (Å²) in [7, 11) is 1.72. The van der Waals surface area contributed by atoms with Crippen molar-refractivity contribution in [1.29, 1.82) is 0 Å². The number of halogens is 2. The molecule has 0 radical (unpaired) electrons. The number of hydrogen-bond donors (Lipinski definition) is 2. The van der Waals surface area contributed by atoms with Crippen molar-refractivity contribution in [2.24, 2.45) is 4.99 Å². The zero-order chi connectivity index (χ0) is 19.2. The van der Waals surface area contributed by atoms with Crippen LogP contribution < -0.4 is 10.6 Å². The SMILES string of the molecule is CN=C(NCc1ccc(-n2ccnc2C)nc1)NCc1ccc(Cl)cc1Cl. The maximum Gasteiger partial charge on any atom is 0.191 e. The van der Waals surface area contributed by atoms with Gasteiger partial charge < -0.3 is 10.6 Å². The summed E-state index contributed by atoms with van der Waals surface area (Å²) in [5.74, 6) is 2.42. The van der Waals surface area contributed by atoms with Crippen LogP contribution in [-0.2, 0) is 13.1 Å². The highest BCUT2D eigenvalue weighted by Gasteiger charge is 2.05. The molecule has 0 aliphatic heterocycles. The zero-order valence-electron chi connectivity index (χ0n) is 15.1. The Hall–Kier alpha value is -2.57. The maximum absolute atomic E-state index is 6.20. The minimum absolute atomic E-state index is 0.548. The second kappa shape index (κ2) is 8.88. The van der Waals surface area contributed by atoms with Crippen LogP contribution in [0.15, 0.2) is 53.9 Å². The number of aryl methyl sites for hydroxylation is 1. The van der Waals surface area contributed by atoms with E-state index in [1.807, 2.05) is 48.1 Å². The number of hydrogen-bond acceptors (Lipinski definition) is 3. The fourth-order valence-corrected chi connectivity index (χ4v) is 3.01. The largest absolute Gasteiger partial charge is 0.352 e. The highest BCUT2D eigenvalue weighted by Crippen LogP contribution is 2.20. The average Bonchev–Trinajstić information content (AvgIpc) is 3.09. The first-order valence-corrected chi connectivity index (χ1v) is 9.16. The van der Waals surface area contributed by atoms with Gasteiger partial charge in [0.05, 0.1) is 0 Å². The summed E-state index contributed by atoms with van der Waals surface area (Å²) in [5, 5.41) is 7.74. The molecule has 0 bridgehead atoms. The number of aromatic nitrogens is 3. The highest BCUT2D eigenvalue weighted by molar-refractivity contribution is 6.35. The number of guanidine groups is 1. The van der Waals surface area contributed by atoms with Crippen LogP contribution in [0.2, 0.25) is 10.0 Å². The van der Waals surface area contributed by atoms with Crippen LogP contribution in [0, 0.1) is 6.92 Å². The van der Waals surface area contributed by atoms with Gasteiger partial charge in [-0.05, 0) is 36.2 Å². The van der Waals surface area contributed by atoms with E-state index < -0.39 is 0 Å². The van der Waals surface area contributed by atoms with Crippen molar-refractivity contribution >= 4 is 29.2 Å². The third kappa shape index (κ3) is 4.99. The fourth-order valence-electron chi connectivity index (χ4n) is 2.53. The third-order valence-electron chi connectivity index (χ3n) is 4.03. The summed E-state index contributed by atoms with van der Waals surface area (Å²) in [6.45, 7) is 3.09. The number of pyridine rings is 1. The van der Waals surface area contributed by atoms with E-state index >= 15 is 0 Å². The number of imidazole rings is 1. The quantitative estimate of drug-likeness (QED) is 0.503. The van der Waals surface area contributed by atoms with Gasteiger partial charge in [0.15, 0.2) is 5.96 Å². The van der Waals surface area contributed by atoms with E-state index in [0.29, 0.717) is 29.1 Å². The highest BCUT2D eigenvalue weighted by atomic mass is 35.5. The van der Waals surface area contributed by atoms with Crippen molar-refractivity contribution < 1.29 is 0 Å². The van der Waals surface area contributed by atoms with E-state index in [0.717, 1.165) is 22.8 Å². The van der Waals surface area contributed by atoms with Crippen LogP contribution in [0.3, 0.4) is 0 Å². The lowest BCUT2D eigenvalue weighted by molar-refractivity contribution is 0.805. The van der Waals surface area contributed by atoms with Crippen LogP contribution in [0.1, 0.15) is 17.0 Å². The molecule has 2 heterocycles. The van der Waals surface area contributed by atoms with E-state index in [-0.39, 0.29) is 0 Å². The number of benzene rings is 1. The maximum atomic E-state index is 6.20. The number of nitrogens with one attached hydrogen (secondary N) is 2. The zero-order valence-corrected chi connectivity index (χ0v) is 16.6. The predicted octanol–water partition coefficient (Wildman–Crippen LogP) is 3.75. The lowest BCUT2D eigenvalue weighted by Crippen LogP contribution is -2.36. The molecular weight excluding hydrogens is 383 g/mol. The van der Waals surface area contributed by atoms with E-state index in [1.165, 1.54) is 0 Å². The lowest BCUT2D eigenvalue weighted by Gasteiger charge is -2.13. The monoisotopic (exact) mass is 402 g/mol. The summed E-state index contributed by atoms with van der Waals surface area (Å²) in [6.07, 6.45) is 5.49. The van der Waals surface area contributed by atoms with Gasteiger partial charge >= 0.3 is 0 Å². The van der Waals surface area contributed by atoms with Crippen LogP contribution in [0.5, 0.6) is 0 Å². The molecule has 1 aromatic carbocycles. The van der Waals surface area contributed by atoms with Crippen molar-refractivity contribution in [2.75, 3.05) is 7.05 Å². The van der Waals surface area contributed by atoms with E-state index in [2.05, 4.69) is 25.6 Å². The van der Waals surface area contributed by atoms with Crippen molar-refractivity contribution in [2.45, 2.75) is 20.0 Å². The van der Waals surface area contributed by atoms with Gasteiger partial charge in [-0.2, -0.15) is 0 Å². The van der Waals surface area contributed by atoms with Gasteiger partial charge in [0.1, 0.15) is 11.6 Å². The Labute approximate surface area is 168 Å². The molecule has 6 nitrogen and oxygen atoms in total. The minimum atomic E-state index is 0.548. The molecule has 0 atom stereocenters. The van der Waals surface area contributed by atoms with Crippen molar-refractivity contribution in [3.63, 3.8) is 0 Å². The fraction of sp³-hybridized carbons (Fsp3) is 0.211. The molecule has 2 aromatic heterocycles. The molecule has 0 fully saturated rings. The summed E-state index contributed by atoms with van der Waals surface area (Å²) in [6, 6.07) is 9.43. The first kappa shape index (κ1) is 19.2. The second-order valence-electron chi connectivity index (χ2n) is 5.88. The topological polar surface area (TPSA) is 67.1 Å². The number of rotatable bonds is 5. The predicted molar refractivity (Wildman–Crippen MR) is 110 cm³/mol. The number of aliphatic imine (C=N–C) groups is 1. The van der Waals surface area contributed by atoms with Crippen molar-refractivity contribution in [1.82, 2.24) is 25.2 Å². The van der Waals surface area contributed by atoms with E-state index in [4.69, 9.17) is 23.2 Å². The van der Waals surface area contributed by atoms with E-state index in [9.17, 15) is 0 Å². The first-order chi connectivity index (χ1) is 13.1. The van der Waals surface area contributed by atoms with Crippen LogP contribution in [0.25, 0.3) is 5.82 Å². The lowest BCUT2D eigenvalue weighted by atomic mass is 10.2. The van der Waals surface area contributed by atoms with Crippen LogP contribution >= 0.6 is 23.2 Å². The minimum Gasteiger partial charge on any atom is -0.352 e. The molecule has 0 aliphatic carbocycles. The second-order valence-corrected chi connectivity index (χ2v) is 6.73. The van der Waals surface area contributed by atoms with Gasteiger partial charge in [-0.15, -0.1) is 0 Å². The molecule has 0 saturated heterocycles. The van der Waals surface area contributed by atoms with Gasteiger partial charge in [-0.1, -0.05) is 35.3 Å². The summed E-state index contributed by atoms with van der Waals surface area (Å²) < 4.78 is 1.94. The number of nitrogens with zero attached hydrogens (tertiary/aromatic N) is 4. The average molecular weight is 403 g/mol. The Balaban J connectivity index is 1.55. The summed E-state index contributed by atoms with van der Waals surface area (Å²) in [4.78, 5) is 12.9. The molecule has 0 saturated carbocycles. The van der Waals surface area contributed by atoms with Crippen molar-refractivity contribution in [3.05, 3.63) is 75.9 Å². The van der Waals surface area contributed by atoms with Gasteiger partial charge in [-0.3, -0.25) is 9.56 Å². The molecular formula is C19H20Cl2N6. The van der Waals surface area contributed by atoms with Crippen LogP contribution in [0.4, 0.5) is 0 Å².